The Labute approximate surface area is 189 Å². The molecule has 2 heteroatoms. The largest absolute Gasteiger partial charge is 0.332 e. The number of nitrogens with zero attached hydrogens (tertiary/aromatic N) is 2. The maximum absolute atomic E-state index is 4.25. The Morgan fingerprint density at radius 2 is 0.875 bits per heavy atom. The first-order valence-corrected chi connectivity index (χ1v) is 10.8. The molecule has 154 valence electrons. The van der Waals surface area contributed by atoms with Gasteiger partial charge in [-0.3, -0.25) is 0 Å². The standard InChI is InChI=1S/C30H25N2/c1-31-23-22-29(24-30(31)25-14-6-2-7-15-25)32(26-16-8-3-9-17-26,27-18-10-4-11-19-27)28-20-12-5-13-21-28/h2-24H,1H2/q+1. The summed E-state index contributed by atoms with van der Waals surface area (Å²) in [5.41, 5.74) is 6.86. The Morgan fingerprint density at radius 3 is 1.31 bits per heavy atom. The predicted octanol–water partition coefficient (Wildman–Crippen LogP) is 7.58. The van der Waals surface area contributed by atoms with Gasteiger partial charge in [-0.25, -0.2) is 0 Å². The third-order valence-electron chi connectivity index (χ3n) is 5.91. The van der Waals surface area contributed by atoms with Crippen molar-refractivity contribution in [1.82, 2.24) is 4.48 Å². The average molecular weight is 414 g/mol. The SMILES string of the molecule is [CH2-][n+]1ccc([N+](c2ccccc2)(c2ccccc2)c2ccccc2)cc1-c1ccccc1. The van der Waals surface area contributed by atoms with E-state index in [-0.39, 0.29) is 0 Å². The van der Waals surface area contributed by atoms with E-state index in [1.165, 1.54) is 17.1 Å². The van der Waals surface area contributed by atoms with Gasteiger partial charge in [0.15, 0.2) is 0 Å². The number of pyridine rings is 1. The summed E-state index contributed by atoms with van der Waals surface area (Å²) >= 11 is 0. The molecule has 1 aromatic heterocycles. The highest BCUT2D eigenvalue weighted by Crippen LogP contribution is 2.51. The van der Waals surface area contributed by atoms with Crippen molar-refractivity contribution in [1.29, 1.82) is 0 Å². The minimum absolute atomic E-state index is 0.475. The van der Waals surface area contributed by atoms with Crippen LogP contribution >= 0.6 is 0 Å². The minimum Gasteiger partial charge on any atom is -0.332 e. The molecule has 4 aromatic carbocycles. The van der Waals surface area contributed by atoms with Gasteiger partial charge in [-0.2, -0.15) is 4.48 Å². The molecule has 0 fully saturated rings. The van der Waals surface area contributed by atoms with Crippen molar-refractivity contribution in [2.24, 2.45) is 0 Å². The average Bonchev–Trinajstić information content (AvgIpc) is 2.88. The molecule has 0 spiro atoms. The third kappa shape index (κ3) is 3.37. The highest BCUT2D eigenvalue weighted by Gasteiger charge is 2.39. The highest BCUT2D eigenvalue weighted by molar-refractivity contribution is 5.82. The molecule has 0 saturated heterocycles. The Kier molecular flexibility index (Phi) is 5.29. The maximum Gasteiger partial charge on any atom is 0.148 e. The molecule has 5 rings (SSSR count). The molecule has 0 amide bonds. The Morgan fingerprint density at radius 1 is 0.469 bits per heavy atom. The second-order valence-corrected chi connectivity index (χ2v) is 7.78. The van der Waals surface area contributed by atoms with Crippen molar-refractivity contribution in [3.8, 4) is 11.3 Å². The van der Waals surface area contributed by atoms with E-state index in [2.05, 4.69) is 141 Å². The van der Waals surface area contributed by atoms with Gasteiger partial charge in [0.05, 0.1) is 6.20 Å². The van der Waals surface area contributed by atoms with Crippen molar-refractivity contribution in [3.05, 3.63) is 147 Å². The van der Waals surface area contributed by atoms with Crippen LogP contribution in [0.15, 0.2) is 140 Å². The lowest BCUT2D eigenvalue weighted by Gasteiger charge is -2.37. The fourth-order valence-corrected chi connectivity index (χ4v) is 4.43. The monoisotopic (exact) mass is 413 g/mol. The summed E-state index contributed by atoms with van der Waals surface area (Å²) in [6.45, 7) is 0. The van der Waals surface area contributed by atoms with Crippen LogP contribution in [0.3, 0.4) is 0 Å². The van der Waals surface area contributed by atoms with Gasteiger partial charge < -0.3 is 4.57 Å². The first kappa shape index (κ1) is 19.8. The number of aromatic nitrogens is 1. The van der Waals surface area contributed by atoms with Crippen molar-refractivity contribution in [2.45, 2.75) is 0 Å². The molecule has 0 aliphatic rings. The van der Waals surface area contributed by atoms with Crippen LogP contribution in [-0.4, -0.2) is 0 Å². The van der Waals surface area contributed by atoms with E-state index in [1.54, 1.807) is 0 Å². The number of hydrogen-bond donors (Lipinski definition) is 0. The summed E-state index contributed by atoms with van der Waals surface area (Å²) in [5, 5.41) is 0. The molecule has 0 bridgehead atoms. The van der Waals surface area contributed by atoms with Gasteiger partial charge in [0, 0.05) is 55.6 Å². The molecule has 0 saturated carbocycles. The van der Waals surface area contributed by atoms with Crippen LogP contribution in [0.5, 0.6) is 0 Å². The molecule has 0 unspecified atom stereocenters. The summed E-state index contributed by atoms with van der Waals surface area (Å²) < 4.78 is 2.41. The van der Waals surface area contributed by atoms with E-state index >= 15 is 0 Å². The summed E-state index contributed by atoms with van der Waals surface area (Å²) in [5.74, 6) is 0. The predicted molar refractivity (Wildman–Crippen MR) is 133 cm³/mol. The number of rotatable bonds is 5. The zero-order valence-corrected chi connectivity index (χ0v) is 17.9. The van der Waals surface area contributed by atoms with E-state index in [0.717, 1.165) is 16.9 Å². The Bertz CT molecular complexity index is 1200. The molecule has 0 radical (unpaired) electrons. The van der Waals surface area contributed by atoms with Gasteiger partial charge in [-0.1, -0.05) is 84.9 Å². The van der Waals surface area contributed by atoms with Crippen LogP contribution < -0.4 is 9.05 Å². The fourth-order valence-electron chi connectivity index (χ4n) is 4.43. The summed E-state index contributed by atoms with van der Waals surface area (Å²) in [6.07, 6.45) is 2.06. The Hall–Kier alpha value is -4.14. The van der Waals surface area contributed by atoms with Gasteiger partial charge in [0.2, 0.25) is 0 Å². The number of quaternary nitrogens is 1. The lowest BCUT2D eigenvalue weighted by atomic mass is 10.0. The molecular formula is C30H25N2+. The normalized spacial score (nSPS) is 11.2. The molecule has 1 heterocycles. The molecular weight excluding hydrogens is 388 g/mol. The van der Waals surface area contributed by atoms with Crippen molar-refractivity contribution >= 4 is 22.7 Å². The molecule has 5 aromatic rings. The molecule has 0 atom stereocenters. The maximum atomic E-state index is 4.25. The molecule has 2 nitrogen and oxygen atoms in total. The van der Waals surface area contributed by atoms with Crippen LogP contribution in [0.4, 0.5) is 22.7 Å². The van der Waals surface area contributed by atoms with E-state index < -0.39 is 0 Å². The quantitative estimate of drug-likeness (QED) is 0.159. The van der Waals surface area contributed by atoms with E-state index in [4.69, 9.17) is 0 Å². The highest BCUT2D eigenvalue weighted by atomic mass is 15.4. The zero-order valence-electron chi connectivity index (χ0n) is 17.9. The van der Waals surface area contributed by atoms with Gasteiger partial charge >= 0.3 is 0 Å². The second-order valence-electron chi connectivity index (χ2n) is 7.78. The van der Waals surface area contributed by atoms with Crippen molar-refractivity contribution < 1.29 is 4.57 Å². The van der Waals surface area contributed by atoms with Crippen LogP contribution in [0.2, 0.25) is 0 Å². The number of hydrogen-bond acceptors (Lipinski definition) is 0. The molecule has 0 aliphatic carbocycles. The van der Waals surface area contributed by atoms with Crippen LogP contribution in [0.1, 0.15) is 0 Å². The number of para-hydroxylation sites is 3. The van der Waals surface area contributed by atoms with Crippen LogP contribution in [-0.2, 0) is 0 Å². The smallest absolute Gasteiger partial charge is 0.148 e. The topological polar surface area (TPSA) is 3.88 Å². The van der Waals surface area contributed by atoms with Crippen molar-refractivity contribution in [2.75, 3.05) is 0 Å². The third-order valence-corrected chi connectivity index (χ3v) is 5.91. The lowest BCUT2D eigenvalue weighted by Crippen LogP contribution is -2.35. The van der Waals surface area contributed by atoms with Gasteiger partial charge in [-0.15, -0.1) is 0 Å². The van der Waals surface area contributed by atoms with Gasteiger partial charge in [-0.05, 0) is 5.56 Å². The fraction of sp³-hybridized carbons (Fsp3) is 0. The van der Waals surface area contributed by atoms with Crippen molar-refractivity contribution in [3.63, 3.8) is 0 Å². The minimum atomic E-state index is 0.475. The zero-order chi connectivity index (χ0) is 21.8. The molecule has 32 heavy (non-hydrogen) atoms. The first-order valence-electron chi connectivity index (χ1n) is 10.8. The van der Waals surface area contributed by atoms with Gasteiger partial charge in [0.25, 0.3) is 0 Å². The Balaban J connectivity index is 1.88. The first-order chi connectivity index (χ1) is 15.8. The van der Waals surface area contributed by atoms with Crippen LogP contribution in [0, 0.1) is 7.05 Å². The van der Waals surface area contributed by atoms with E-state index in [0.29, 0.717) is 4.48 Å². The summed E-state index contributed by atoms with van der Waals surface area (Å²) in [6, 6.07) is 46.9. The van der Waals surface area contributed by atoms with E-state index in [1.807, 2.05) is 10.6 Å². The molecule has 0 aliphatic heterocycles. The summed E-state index contributed by atoms with van der Waals surface area (Å²) in [4.78, 5) is 0. The number of benzene rings is 4. The van der Waals surface area contributed by atoms with Gasteiger partial charge in [0.1, 0.15) is 28.4 Å². The summed E-state index contributed by atoms with van der Waals surface area (Å²) in [7, 11) is 4.25. The molecule has 0 N–H and O–H groups in total. The van der Waals surface area contributed by atoms with E-state index in [9.17, 15) is 0 Å². The van der Waals surface area contributed by atoms with Crippen LogP contribution in [0.25, 0.3) is 11.3 Å². The second kappa shape index (κ2) is 8.54. The lowest BCUT2D eigenvalue weighted by molar-refractivity contribution is -0.600.